The first kappa shape index (κ1) is 14.0. The number of carbonyl (C=O) groups excluding carboxylic acids is 2. The van der Waals surface area contributed by atoms with Crippen LogP contribution < -0.4 is 5.32 Å². The number of hydrogen-bond acceptors (Lipinski definition) is 3. The van der Waals surface area contributed by atoms with Gasteiger partial charge in [-0.25, -0.2) is 0 Å². The zero-order chi connectivity index (χ0) is 14.7. The monoisotopic (exact) mass is 287 g/mol. The van der Waals surface area contributed by atoms with Gasteiger partial charge in [0.05, 0.1) is 12.2 Å². The van der Waals surface area contributed by atoms with E-state index in [1.807, 2.05) is 18.2 Å². The molecule has 2 amide bonds. The number of nitrogens with one attached hydrogen (secondary N) is 1. The van der Waals surface area contributed by atoms with E-state index in [0.717, 1.165) is 37.8 Å². The normalized spacial score (nSPS) is 22.0. The minimum atomic E-state index is -0.666. The van der Waals surface area contributed by atoms with Crippen molar-refractivity contribution in [2.45, 2.75) is 50.6 Å². The van der Waals surface area contributed by atoms with Gasteiger partial charge in [-0.2, -0.15) is 0 Å². The SMILES string of the molecule is O=C1CCN(Cc2ccccn2)C(=O)C2(CCCCC2)N1. The molecule has 0 aromatic carbocycles. The smallest absolute Gasteiger partial charge is 0.248 e. The molecule has 1 saturated carbocycles. The van der Waals surface area contributed by atoms with Gasteiger partial charge in [0.1, 0.15) is 5.54 Å². The van der Waals surface area contributed by atoms with Crippen LogP contribution in [0.2, 0.25) is 0 Å². The van der Waals surface area contributed by atoms with E-state index in [9.17, 15) is 9.59 Å². The van der Waals surface area contributed by atoms with Crippen molar-refractivity contribution >= 4 is 11.8 Å². The van der Waals surface area contributed by atoms with Crippen LogP contribution in [0.25, 0.3) is 0 Å². The van der Waals surface area contributed by atoms with E-state index < -0.39 is 5.54 Å². The van der Waals surface area contributed by atoms with Crippen LogP contribution in [0.1, 0.15) is 44.2 Å². The second-order valence-corrected chi connectivity index (χ2v) is 5.99. The van der Waals surface area contributed by atoms with E-state index in [2.05, 4.69) is 10.3 Å². The molecular weight excluding hydrogens is 266 g/mol. The van der Waals surface area contributed by atoms with Crippen molar-refractivity contribution in [3.63, 3.8) is 0 Å². The minimum absolute atomic E-state index is 0.00577. The van der Waals surface area contributed by atoms with Crippen molar-refractivity contribution in [1.82, 2.24) is 15.2 Å². The summed E-state index contributed by atoms with van der Waals surface area (Å²) >= 11 is 0. The minimum Gasteiger partial charge on any atom is -0.342 e. The van der Waals surface area contributed by atoms with Gasteiger partial charge in [0.25, 0.3) is 0 Å². The first-order chi connectivity index (χ1) is 10.2. The molecule has 3 rings (SSSR count). The Morgan fingerprint density at radius 2 is 2.00 bits per heavy atom. The topological polar surface area (TPSA) is 62.3 Å². The Kier molecular flexibility index (Phi) is 3.90. The molecule has 1 spiro atoms. The highest BCUT2D eigenvalue weighted by molar-refractivity contribution is 5.93. The van der Waals surface area contributed by atoms with Crippen molar-refractivity contribution < 1.29 is 9.59 Å². The highest BCUT2D eigenvalue weighted by Crippen LogP contribution is 2.32. The summed E-state index contributed by atoms with van der Waals surface area (Å²) in [6.07, 6.45) is 6.78. The fourth-order valence-corrected chi connectivity index (χ4v) is 3.36. The molecule has 0 radical (unpaired) electrons. The average molecular weight is 287 g/mol. The molecule has 1 aromatic heterocycles. The second-order valence-electron chi connectivity index (χ2n) is 5.99. The number of aromatic nitrogens is 1. The average Bonchev–Trinajstić information content (AvgIpc) is 2.62. The van der Waals surface area contributed by atoms with Crippen molar-refractivity contribution in [2.24, 2.45) is 0 Å². The summed E-state index contributed by atoms with van der Waals surface area (Å²) in [7, 11) is 0. The predicted octanol–water partition coefficient (Wildman–Crippen LogP) is 1.63. The Balaban J connectivity index is 1.83. The fraction of sp³-hybridized carbons (Fsp3) is 0.562. The van der Waals surface area contributed by atoms with Gasteiger partial charge in [-0.1, -0.05) is 25.3 Å². The molecule has 0 atom stereocenters. The molecule has 1 saturated heterocycles. The molecule has 0 unspecified atom stereocenters. The Labute approximate surface area is 124 Å². The first-order valence-electron chi connectivity index (χ1n) is 7.70. The number of amides is 2. The summed E-state index contributed by atoms with van der Waals surface area (Å²) in [5.41, 5.74) is 0.201. The zero-order valence-corrected chi connectivity index (χ0v) is 12.2. The van der Waals surface area contributed by atoms with Gasteiger partial charge in [-0.15, -0.1) is 0 Å². The molecule has 1 aliphatic carbocycles. The van der Waals surface area contributed by atoms with Crippen molar-refractivity contribution in [3.8, 4) is 0 Å². The number of carbonyl (C=O) groups is 2. The Bertz CT molecular complexity index is 524. The van der Waals surface area contributed by atoms with Crippen LogP contribution in [-0.4, -0.2) is 33.8 Å². The molecule has 1 aromatic rings. The van der Waals surface area contributed by atoms with Crippen LogP contribution >= 0.6 is 0 Å². The van der Waals surface area contributed by atoms with Gasteiger partial charge in [-0.05, 0) is 25.0 Å². The maximum Gasteiger partial charge on any atom is 0.248 e. The molecule has 21 heavy (non-hydrogen) atoms. The second kappa shape index (κ2) is 5.84. The maximum atomic E-state index is 13.0. The summed E-state index contributed by atoms with van der Waals surface area (Å²) in [6.45, 7) is 0.958. The maximum absolute atomic E-state index is 13.0. The first-order valence-corrected chi connectivity index (χ1v) is 7.70. The van der Waals surface area contributed by atoms with Crippen LogP contribution in [-0.2, 0) is 16.1 Å². The number of rotatable bonds is 2. The third-order valence-electron chi connectivity index (χ3n) is 4.47. The highest BCUT2D eigenvalue weighted by Gasteiger charge is 2.44. The van der Waals surface area contributed by atoms with E-state index in [0.29, 0.717) is 19.5 Å². The van der Waals surface area contributed by atoms with Crippen molar-refractivity contribution in [3.05, 3.63) is 30.1 Å². The summed E-state index contributed by atoms with van der Waals surface area (Å²) in [5.74, 6) is 0.0625. The third kappa shape index (κ3) is 2.91. The van der Waals surface area contributed by atoms with Gasteiger partial charge < -0.3 is 10.2 Å². The molecule has 2 heterocycles. The molecule has 1 aliphatic heterocycles. The zero-order valence-electron chi connectivity index (χ0n) is 12.2. The van der Waals surface area contributed by atoms with Crippen molar-refractivity contribution in [2.75, 3.05) is 6.54 Å². The molecule has 112 valence electrons. The third-order valence-corrected chi connectivity index (χ3v) is 4.47. The van der Waals surface area contributed by atoms with E-state index >= 15 is 0 Å². The van der Waals surface area contributed by atoms with Gasteiger partial charge >= 0.3 is 0 Å². The lowest BCUT2D eigenvalue weighted by atomic mass is 9.80. The molecule has 5 heteroatoms. The Morgan fingerprint density at radius 3 is 2.71 bits per heavy atom. The number of pyridine rings is 1. The summed E-state index contributed by atoms with van der Waals surface area (Å²) in [6, 6.07) is 5.70. The van der Waals surface area contributed by atoms with E-state index in [-0.39, 0.29) is 11.8 Å². The largest absolute Gasteiger partial charge is 0.342 e. The molecular formula is C16H21N3O2. The van der Waals surface area contributed by atoms with E-state index in [4.69, 9.17) is 0 Å². The van der Waals surface area contributed by atoms with Crippen LogP contribution in [0, 0.1) is 0 Å². The van der Waals surface area contributed by atoms with Crippen LogP contribution in [0.15, 0.2) is 24.4 Å². The van der Waals surface area contributed by atoms with Crippen LogP contribution in [0.4, 0.5) is 0 Å². The lowest BCUT2D eigenvalue weighted by Gasteiger charge is -2.38. The summed E-state index contributed by atoms with van der Waals surface area (Å²) in [4.78, 5) is 31.0. The predicted molar refractivity (Wildman–Crippen MR) is 78.2 cm³/mol. The number of nitrogens with zero attached hydrogens (tertiary/aromatic N) is 2. The molecule has 2 fully saturated rings. The van der Waals surface area contributed by atoms with Gasteiger partial charge in [-0.3, -0.25) is 14.6 Å². The lowest BCUT2D eigenvalue weighted by Crippen LogP contribution is -2.58. The van der Waals surface area contributed by atoms with Crippen molar-refractivity contribution in [1.29, 1.82) is 0 Å². The summed E-state index contributed by atoms with van der Waals surface area (Å²) in [5, 5.41) is 3.01. The molecule has 5 nitrogen and oxygen atoms in total. The molecule has 0 bridgehead atoms. The lowest BCUT2D eigenvalue weighted by molar-refractivity contribution is -0.140. The van der Waals surface area contributed by atoms with Gasteiger partial charge in [0, 0.05) is 19.2 Å². The Hall–Kier alpha value is -1.91. The Morgan fingerprint density at radius 1 is 1.19 bits per heavy atom. The molecule has 2 aliphatic rings. The summed E-state index contributed by atoms with van der Waals surface area (Å²) < 4.78 is 0. The van der Waals surface area contributed by atoms with Crippen LogP contribution in [0.3, 0.4) is 0 Å². The van der Waals surface area contributed by atoms with E-state index in [1.165, 1.54) is 0 Å². The standard InChI is InChI=1S/C16H21N3O2/c20-14-7-11-19(12-13-6-2-5-10-17-13)15(21)16(18-14)8-3-1-4-9-16/h2,5-6,10H,1,3-4,7-9,11-12H2,(H,18,20). The van der Waals surface area contributed by atoms with E-state index in [1.54, 1.807) is 11.1 Å². The highest BCUT2D eigenvalue weighted by atomic mass is 16.2. The van der Waals surface area contributed by atoms with Gasteiger partial charge in [0.15, 0.2) is 0 Å². The van der Waals surface area contributed by atoms with Gasteiger partial charge in [0.2, 0.25) is 11.8 Å². The molecule has 1 N–H and O–H groups in total. The number of hydrogen-bond donors (Lipinski definition) is 1. The fourth-order valence-electron chi connectivity index (χ4n) is 3.36. The van der Waals surface area contributed by atoms with Crippen LogP contribution in [0.5, 0.6) is 0 Å². The quantitative estimate of drug-likeness (QED) is 0.899.